The fourth-order valence-corrected chi connectivity index (χ4v) is 3.99. The third kappa shape index (κ3) is 3.83. The molecule has 0 spiro atoms. The number of para-hydroxylation sites is 1. The number of aromatic nitrogens is 2. The quantitative estimate of drug-likeness (QED) is 0.512. The van der Waals surface area contributed by atoms with E-state index in [1.165, 1.54) is 17.3 Å². The monoisotopic (exact) mass is 393 g/mol. The van der Waals surface area contributed by atoms with Gasteiger partial charge in [-0.2, -0.15) is 0 Å². The second-order valence-electron chi connectivity index (χ2n) is 7.12. The highest BCUT2D eigenvalue weighted by Gasteiger charge is 2.27. The van der Waals surface area contributed by atoms with Crippen molar-refractivity contribution in [2.45, 2.75) is 49.6 Å². The molecule has 1 N–H and O–H groups in total. The minimum atomic E-state index is -0.338. The highest BCUT2D eigenvalue weighted by molar-refractivity contribution is 8.00. The van der Waals surface area contributed by atoms with Gasteiger partial charge in [0, 0.05) is 6.04 Å². The number of amides is 1. The molecule has 1 aliphatic carbocycles. The van der Waals surface area contributed by atoms with Crippen molar-refractivity contribution in [3.8, 4) is 5.69 Å². The summed E-state index contributed by atoms with van der Waals surface area (Å²) in [7, 11) is 0. The van der Waals surface area contributed by atoms with E-state index in [-0.39, 0.29) is 16.7 Å². The third-order valence-corrected chi connectivity index (χ3v) is 5.98. The Morgan fingerprint density at radius 2 is 1.93 bits per heavy atom. The van der Waals surface area contributed by atoms with Crippen molar-refractivity contribution in [1.29, 1.82) is 0 Å². The van der Waals surface area contributed by atoms with Crippen LogP contribution in [0.15, 0.2) is 58.5 Å². The first kappa shape index (κ1) is 18.7. The summed E-state index contributed by atoms with van der Waals surface area (Å²) in [5.74, 6) is -0.0113. The van der Waals surface area contributed by atoms with Crippen LogP contribution in [-0.4, -0.2) is 26.8 Å². The van der Waals surface area contributed by atoms with Crippen LogP contribution in [0.1, 0.15) is 32.3 Å². The van der Waals surface area contributed by atoms with Gasteiger partial charge in [-0.3, -0.25) is 14.2 Å². The normalized spacial score (nSPS) is 14.8. The summed E-state index contributed by atoms with van der Waals surface area (Å²) in [6.45, 7) is 3.95. The largest absolute Gasteiger partial charge is 0.352 e. The number of fused-ring (bicyclic) bond motifs is 1. The van der Waals surface area contributed by atoms with E-state index in [2.05, 4.69) is 12.2 Å². The third-order valence-electron chi connectivity index (χ3n) is 4.92. The first-order valence-corrected chi connectivity index (χ1v) is 10.5. The number of aryl methyl sites for hydroxylation is 1. The van der Waals surface area contributed by atoms with E-state index in [4.69, 9.17) is 4.98 Å². The second kappa shape index (κ2) is 7.80. The van der Waals surface area contributed by atoms with Gasteiger partial charge in [-0.15, -0.1) is 0 Å². The number of hydrogen-bond donors (Lipinski definition) is 1. The standard InChI is InChI=1S/C22H23N3O2S/c1-3-15-8-12-17(13-9-15)25-21(27)18-6-4-5-7-19(18)24-22(25)28-14(2)20(26)23-16-10-11-16/h4-9,12-14,16H,3,10-11H2,1-2H3,(H,23,26)/t14-/m1/s1. The zero-order chi connectivity index (χ0) is 19.7. The van der Waals surface area contributed by atoms with Crippen molar-refractivity contribution < 1.29 is 4.79 Å². The van der Waals surface area contributed by atoms with E-state index in [0.717, 1.165) is 24.9 Å². The summed E-state index contributed by atoms with van der Waals surface area (Å²) >= 11 is 1.32. The highest BCUT2D eigenvalue weighted by atomic mass is 32.2. The highest BCUT2D eigenvalue weighted by Crippen LogP contribution is 2.26. The SMILES string of the molecule is CCc1ccc(-n2c(S[C@H](C)C(=O)NC3CC3)nc3ccccc3c2=O)cc1. The summed E-state index contributed by atoms with van der Waals surface area (Å²) in [4.78, 5) is 30.4. The van der Waals surface area contributed by atoms with Crippen molar-refractivity contribution in [3.05, 3.63) is 64.4 Å². The number of benzene rings is 2. The Kier molecular flexibility index (Phi) is 5.22. The Bertz CT molecular complexity index is 1070. The Labute approximate surface area is 168 Å². The van der Waals surface area contributed by atoms with Crippen molar-refractivity contribution >= 4 is 28.6 Å². The molecule has 0 radical (unpaired) electrons. The van der Waals surface area contributed by atoms with E-state index in [9.17, 15) is 9.59 Å². The van der Waals surface area contributed by atoms with Crippen LogP contribution in [0.25, 0.3) is 16.6 Å². The molecule has 1 aliphatic rings. The van der Waals surface area contributed by atoms with Gasteiger partial charge in [0.1, 0.15) is 0 Å². The molecule has 1 saturated carbocycles. The lowest BCUT2D eigenvalue weighted by atomic mass is 10.1. The molecule has 1 heterocycles. The van der Waals surface area contributed by atoms with E-state index < -0.39 is 0 Å². The average Bonchev–Trinajstić information content (AvgIpc) is 3.52. The molecule has 1 aromatic heterocycles. The van der Waals surface area contributed by atoms with E-state index in [1.54, 1.807) is 10.6 Å². The number of nitrogens with zero attached hydrogens (tertiary/aromatic N) is 2. The number of thioether (sulfide) groups is 1. The lowest BCUT2D eigenvalue weighted by Crippen LogP contribution is -2.33. The zero-order valence-electron chi connectivity index (χ0n) is 16.0. The molecule has 1 amide bonds. The van der Waals surface area contributed by atoms with Crippen LogP contribution in [0.3, 0.4) is 0 Å². The Morgan fingerprint density at radius 3 is 2.61 bits per heavy atom. The number of nitrogens with one attached hydrogen (secondary N) is 1. The van der Waals surface area contributed by atoms with Gasteiger partial charge < -0.3 is 5.32 Å². The molecule has 144 valence electrons. The van der Waals surface area contributed by atoms with Gasteiger partial charge in [-0.1, -0.05) is 43.0 Å². The minimum absolute atomic E-state index is 0.0113. The van der Waals surface area contributed by atoms with Crippen LogP contribution in [0.5, 0.6) is 0 Å². The van der Waals surface area contributed by atoms with Crippen LogP contribution in [0.2, 0.25) is 0 Å². The number of rotatable bonds is 6. The molecule has 4 rings (SSSR count). The average molecular weight is 394 g/mol. The topological polar surface area (TPSA) is 64.0 Å². The first-order chi connectivity index (χ1) is 13.6. The fraction of sp³-hybridized carbons (Fsp3) is 0.318. The lowest BCUT2D eigenvalue weighted by molar-refractivity contribution is -0.120. The molecule has 5 nitrogen and oxygen atoms in total. The predicted molar refractivity (Wildman–Crippen MR) is 113 cm³/mol. The maximum Gasteiger partial charge on any atom is 0.266 e. The van der Waals surface area contributed by atoms with E-state index >= 15 is 0 Å². The zero-order valence-corrected chi connectivity index (χ0v) is 16.8. The van der Waals surface area contributed by atoms with Gasteiger partial charge in [0.15, 0.2) is 5.16 Å². The molecule has 0 aliphatic heterocycles. The van der Waals surface area contributed by atoms with Gasteiger partial charge >= 0.3 is 0 Å². The van der Waals surface area contributed by atoms with Crippen molar-refractivity contribution in [2.75, 3.05) is 0 Å². The van der Waals surface area contributed by atoms with E-state index in [1.807, 2.05) is 49.4 Å². The van der Waals surface area contributed by atoms with Crippen LogP contribution in [0.4, 0.5) is 0 Å². The molecule has 0 bridgehead atoms. The molecule has 3 aromatic rings. The van der Waals surface area contributed by atoms with Crippen LogP contribution < -0.4 is 10.9 Å². The summed E-state index contributed by atoms with van der Waals surface area (Å²) in [5, 5.41) is 3.79. The molecule has 2 aromatic carbocycles. The molecule has 6 heteroatoms. The number of carbonyl (C=O) groups is 1. The maximum atomic E-state index is 13.3. The van der Waals surface area contributed by atoms with Crippen LogP contribution in [-0.2, 0) is 11.2 Å². The van der Waals surface area contributed by atoms with Crippen molar-refractivity contribution in [1.82, 2.24) is 14.9 Å². The summed E-state index contributed by atoms with van der Waals surface area (Å²) in [6.07, 6.45) is 3.03. The molecule has 1 fully saturated rings. The van der Waals surface area contributed by atoms with Gasteiger partial charge in [-0.05, 0) is 56.0 Å². The summed E-state index contributed by atoms with van der Waals surface area (Å²) in [5.41, 5.74) is 2.49. The maximum absolute atomic E-state index is 13.3. The molecular weight excluding hydrogens is 370 g/mol. The van der Waals surface area contributed by atoms with Crippen LogP contribution in [0, 0.1) is 0 Å². The fourth-order valence-electron chi connectivity index (χ4n) is 3.06. The number of hydrogen-bond acceptors (Lipinski definition) is 4. The van der Waals surface area contributed by atoms with Gasteiger partial charge in [0.2, 0.25) is 5.91 Å². The Hall–Kier alpha value is -2.60. The Morgan fingerprint density at radius 1 is 1.21 bits per heavy atom. The molecular formula is C22H23N3O2S. The molecule has 28 heavy (non-hydrogen) atoms. The molecule has 0 saturated heterocycles. The molecule has 1 atom stereocenters. The van der Waals surface area contributed by atoms with Crippen molar-refractivity contribution in [2.24, 2.45) is 0 Å². The van der Waals surface area contributed by atoms with Crippen molar-refractivity contribution in [3.63, 3.8) is 0 Å². The smallest absolute Gasteiger partial charge is 0.266 e. The molecule has 0 unspecified atom stereocenters. The van der Waals surface area contributed by atoms with Gasteiger partial charge in [0.05, 0.1) is 21.8 Å². The van der Waals surface area contributed by atoms with E-state index in [0.29, 0.717) is 22.1 Å². The summed E-state index contributed by atoms with van der Waals surface area (Å²) in [6, 6.07) is 15.6. The Balaban J connectivity index is 1.78. The minimum Gasteiger partial charge on any atom is -0.352 e. The lowest BCUT2D eigenvalue weighted by Gasteiger charge is -2.16. The predicted octanol–water partition coefficient (Wildman–Crippen LogP) is 3.71. The first-order valence-electron chi connectivity index (χ1n) is 9.65. The number of carbonyl (C=O) groups excluding carboxylic acids is 1. The van der Waals surface area contributed by atoms with Gasteiger partial charge in [0.25, 0.3) is 5.56 Å². The van der Waals surface area contributed by atoms with Gasteiger partial charge in [-0.25, -0.2) is 4.98 Å². The second-order valence-corrected chi connectivity index (χ2v) is 8.42. The van der Waals surface area contributed by atoms with Crippen LogP contribution >= 0.6 is 11.8 Å². The summed E-state index contributed by atoms with van der Waals surface area (Å²) < 4.78 is 1.62.